The van der Waals surface area contributed by atoms with E-state index < -0.39 is 8.80 Å². The molecule has 0 bridgehead atoms. The molecule has 0 aliphatic carbocycles. The molecular weight excluding hydrogens is 639 g/mol. The van der Waals surface area contributed by atoms with Gasteiger partial charge in [0.15, 0.2) is 0 Å². The van der Waals surface area contributed by atoms with E-state index in [2.05, 4.69) is 45.5 Å². The van der Waals surface area contributed by atoms with Crippen molar-refractivity contribution in [3.8, 4) is 0 Å². The summed E-state index contributed by atoms with van der Waals surface area (Å²) in [6, 6.07) is 0.891. The third-order valence-corrected chi connectivity index (χ3v) is 13.4. The highest BCUT2D eigenvalue weighted by atomic mass is 32.1. The molecule has 0 aliphatic rings. The minimum Gasteiger partial charge on any atom is -0.373 e. The minimum absolute atomic E-state index is 0.684. The zero-order chi connectivity index (χ0) is 35.8. The first kappa shape index (κ1) is 49.4. The van der Waals surface area contributed by atoms with Gasteiger partial charge in [-0.15, -0.1) is 0 Å². The number of rotatable bonds is 43. The van der Waals surface area contributed by atoms with Gasteiger partial charge in [-0.25, -0.2) is 0 Å². The molecule has 296 valence electrons. The van der Waals surface area contributed by atoms with Gasteiger partial charge in [0.1, 0.15) is 0 Å². The maximum atomic E-state index is 6.60. The molecule has 0 heterocycles. The van der Waals surface area contributed by atoms with Crippen molar-refractivity contribution >= 4 is 21.4 Å². The van der Waals surface area contributed by atoms with Crippen LogP contribution in [0.4, 0.5) is 0 Å². The van der Waals surface area contributed by atoms with Gasteiger partial charge >= 0.3 is 8.80 Å². The first-order chi connectivity index (χ1) is 24.1. The van der Waals surface area contributed by atoms with E-state index in [9.17, 15) is 0 Å². The van der Waals surface area contributed by atoms with Crippen molar-refractivity contribution < 1.29 is 13.3 Å². The molecular formula is C43H91NO3SSi. The second-order valence-electron chi connectivity index (χ2n) is 15.5. The van der Waals surface area contributed by atoms with Crippen molar-refractivity contribution in [2.24, 2.45) is 0 Å². The van der Waals surface area contributed by atoms with Gasteiger partial charge < -0.3 is 18.2 Å². The van der Waals surface area contributed by atoms with Gasteiger partial charge in [-0.2, -0.15) is 12.6 Å². The van der Waals surface area contributed by atoms with Gasteiger partial charge in [-0.05, 0) is 39.1 Å². The Hall–Kier alpha value is 0.407. The Bertz CT molecular complexity index is 574. The normalized spacial score (nSPS) is 12.1. The molecule has 0 saturated carbocycles. The zero-order valence-electron chi connectivity index (χ0n) is 34.2. The van der Waals surface area contributed by atoms with E-state index in [-0.39, 0.29) is 0 Å². The van der Waals surface area contributed by atoms with Crippen LogP contribution in [0.3, 0.4) is 0 Å². The Morgan fingerprint density at radius 3 is 0.898 bits per heavy atom. The summed E-state index contributed by atoms with van der Waals surface area (Å²) in [5.74, 6) is 0.858. The number of nitrogens with zero attached hydrogens (tertiary/aromatic N) is 1. The number of hydrogen-bond donors (Lipinski definition) is 1. The summed E-state index contributed by atoms with van der Waals surface area (Å²) in [4.78, 5) is 2.18. The molecule has 0 fully saturated rings. The highest BCUT2D eigenvalue weighted by molar-refractivity contribution is 7.80. The molecule has 49 heavy (non-hydrogen) atoms. The smallest absolute Gasteiger partial charge is 0.373 e. The second kappa shape index (κ2) is 41.2. The van der Waals surface area contributed by atoms with Gasteiger partial charge in [-0.3, -0.25) is 0 Å². The summed E-state index contributed by atoms with van der Waals surface area (Å²) in [7, 11) is 1.54. The summed E-state index contributed by atoms with van der Waals surface area (Å²) < 4.78 is 19.7. The summed E-state index contributed by atoms with van der Waals surface area (Å²) >= 11 is 4.52. The monoisotopic (exact) mass is 730 g/mol. The Morgan fingerprint density at radius 2 is 0.633 bits per heavy atom. The van der Waals surface area contributed by atoms with Crippen molar-refractivity contribution in [1.29, 1.82) is 0 Å². The molecule has 0 atom stereocenters. The number of hydrogen-bond acceptors (Lipinski definition) is 5. The predicted molar refractivity (Wildman–Crippen MR) is 225 cm³/mol. The molecule has 0 amide bonds. The van der Waals surface area contributed by atoms with Gasteiger partial charge in [-0.1, -0.05) is 206 Å². The van der Waals surface area contributed by atoms with Crippen LogP contribution in [0.5, 0.6) is 0 Å². The molecule has 0 radical (unpaired) electrons. The van der Waals surface area contributed by atoms with Gasteiger partial charge in [0.25, 0.3) is 0 Å². The largest absolute Gasteiger partial charge is 0.501 e. The quantitative estimate of drug-likeness (QED) is 0.0385. The van der Waals surface area contributed by atoms with Crippen molar-refractivity contribution in [3.63, 3.8) is 0 Å². The molecule has 0 aliphatic heterocycles. The SMILES string of the molecule is CCCCCCCCCCCCCCCCCCO[Si](CCCS)(OCCCCCCCCCCCCCCCCCC)OCCN(C)C. The number of thiol groups is 1. The predicted octanol–water partition coefficient (Wildman–Crippen LogP) is 14.4. The van der Waals surface area contributed by atoms with E-state index in [4.69, 9.17) is 13.3 Å². The van der Waals surface area contributed by atoms with Crippen LogP contribution in [0.2, 0.25) is 6.04 Å². The Balaban J connectivity index is 4.06. The van der Waals surface area contributed by atoms with Crippen molar-refractivity contribution in [3.05, 3.63) is 0 Å². The van der Waals surface area contributed by atoms with Crippen LogP contribution in [-0.2, 0) is 13.3 Å². The Morgan fingerprint density at radius 1 is 0.367 bits per heavy atom. The van der Waals surface area contributed by atoms with Crippen LogP contribution in [0.25, 0.3) is 0 Å². The van der Waals surface area contributed by atoms with Crippen LogP contribution >= 0.6 is 12.6 Å². The lowest BCUT2D eigenvalue weighted by atomic mass is 10.0. The van der Waals surface area contributed by atoms with Gasteiger partial charge in [0, 0.05) is 25.8 Å². The van der Waals surface area contributed by atoms with E-state index >= 15 is 0 Å². The summed E-state index contributed by atoms with van der Waals surface area (Å²) in [6.07, 6.45) is 45.5. The van der Waals surface area contributed by atoms with Crippen LogP contribution < -0.4 is 0 Å². The zero-order valence-corrected chi connectivity index (χ0v) is 36.1. The topological polar surface area (TPSA) is 30.9 Å². The van der Waals surface area contributed by atoms with Crippen LogP contribution in [-0.4, -0.2) is 59.9 Å². The summed E-state index contributed by atoms with van der Waals surface area (Å²) in [6.45, 7) is 7.74. The van der Waals surface area contributed by atoms with Crippen molar-refractivity contribution in [2.45, 2.75) is 232 Å². The molecule has 0 aromatic carbocycles. The van der Waals surface area contributed by atoms with Gasteiger partial charge in [0.05, 0.1) is 6.61 Å². The molecule has 6 heteroatoms. The third-order valence-electron chi connectivity index (χ3n) is 10.1. The number of likely N-dealkylation sites (N-methyl/N-ethyl adjacent to an activating group) is 1. The van der Waals surface area contributed by atoms with Crippen LogP contribution in [0.1, 0.15) is 226 Å². The van der Waals surface area contributed by atoms with E-state index in [1.165, 1.54) is 193 Å². The lowest BCUT2D eigenvalue weighted by Crippen LogP contribution is -2.47. The molecule has 0 rings (SSSR count). The highest BCUT2D eigenvalue weighted by Crippen LogP contribution is 2.22. The molecule has 4 nitrogen and oxygen atoms in total. The number of unbranched alkanes of at least 4 members (excludes halogenated alkanes) is 30. The highest BCUT2D eigenvalue weighted by Gasteiger charge is 2.40. The molecule has 0 aromatic rings. The van der Waals surface area contributed by atoms with Crippen molar-refractivity contribution in [2.75, 3.05) is 46.2 Å². The molecule has 0 aromatic heterocycles. The maximum absolute atomic E-state index is 6.60. The molecule has 0 saturated heterocycles. The molecule has 0 N–H and O–H groups in total. The first-order valence-corrected chi connectivity index (χ1v) is 24.8. The fraction of sp³-hybridized carbons (Fsp3) is 1.00. The lowest BCUT2D eigenvalue weighted by Gasteiger charge is -2.30. The van der Waals surface area contributed by atoms with E-state index in [0.29, 0.717) is 6.61 Å². The Kier molecular flexibility index (Phi) is 41.5. The van der Waals surface area contributed by atoms with Crippen molar-refractivity contribution in [1.82, 2.24) is 4.90 Å². The fourth-order valence-corrected chi connectivity index (χ4v) is 9.84. The summed E-state index contributed by atoms with van der Waals surface area (Å²) in [5, 5.41) is 0. The average Bonchev–Trinajstić information content (AvgIpc) is 3.09. The Labute approximate surface area is 316 Å². The second-order valence-corrected chi connectivity index (χ2v) is 18.6. The van der Waals surface area contributed by atoms with E-state index in [1.54, 1.807) is 0 Å². The standard InChI is InChI=1S/C43H91NO3SSi/c1-5-7-9-11-13-15-17-19-21-23-25-27-29-31-33-35-39-45-49(43-37-42-48,47-41-38-44(3)4)46-40-36-34-32-30-28-26-24-22-20-18-16-14-12-10-8-6-2/h48H,5-43H2,1-4H3. The van der Waals surface area contributed by atoms with E-state index in [1.807, 2.05) is 0 Å². The molecule has 0 spiro atoms. The molecule has 0 unspecified atom stereocenters. The fourth-order valence-electron chi connectivity index (χ4n) is 6.78. The lowest BCUT2D eigenvalue weighted by molar-refractivity contribution is 0.0523. The van der Waals surface area contributed by atoms with Crippen LogP contribution in [0, 0.1) is 0 Å². The third kappa shape index (κ3) is 38.0. The maximum Gasteiger partial charge on any atom is 0.501 e. The first-order valence-electron chi connectivity index (χ1n) is 22.3. The van der Waals surface area contributed by atoms with Crippen LogP contribution in [0.15, 0.2) is 0 Å². The average molecular weight is 730 g/mol. The van der Waals surface area contributed by atoms with E-state index in [0.717, 1.165) is 50.8 Å². The minimum atomic E-state index is -2.68. The van der Waals surface area contributed by atoms with Gasteiger partial charge in [0.2, 0.25) is 0 Å². The summed E-state index contributed by atoms with van der Waals surface area (Å²) in [5.41, 5.74) is 0.